The summed E-state index contributed by atoms with van der Waals surface area (Å²) < 4.78 is 0. The predicted octanol–water partition coefficient (Wildman–Crippen LogP) is 3.32. The highest BCUT2D eigenvalue weighted by Gasteiger charge is 1.95. The Kier molecular flexibility index (Phi) is 3.20. The monoisotopic (exact) mass is 218 g/mol. The highest BCUT2D eigenvalue weighted by atomic mass is 35.5. The smallest absolute Gasteiger partial charge is 0.0776 e. The van der Waals surface area contributed by atoms with E-state index in [9.17, 15) is 0 Å². The number of H-pyrrole nitrogens is 1. The van der Waals surface area contributed by atoms with Crippen molar-refractivity contribution >= 4 is 23.8 Å². The van der Waals surface area contributed by atoms with Crippen molar-refractivity contribution in [3.8, 4) is 0 Å². The minimum atomic E-state index is 0.440. The zero-order valence-electron chi connectivity index (χ0n) is 8.15. The molecule has 0 saturated heterocycles. The molecule has 2 aromatic rings. The number of alkyl halides is 1. The van der Waals surface area contributed by atoms with Crippen LogP contribution < -0.4 is 0 Å². The number of nitrogens with zero attached hydrogens (tertiary/aromatic N) is 1. The van der Waals surface area contributed by atoms with Gasteiger partial charge < -0.3 is 0 Å². The SMILES string of the molecule is ClCc1cc(C=Cc2ccccc2)[nH]n1. The van der Waals surface area contributed by atoms with E-state index in [-0.39, 0.29) is 0 Å². The van der Waals surface area contributed by atoms with Crippen LogP contribution in [0.3, 0.4) is 0 Å². The lowest BCUT2D eigenvalue weighted by Gasteiger charge is -1.89. The summed E-state index contributed by atoms with van der Waals surface area (Å²) in [6.45, 7) is 0. The van der Waals surface area contributed by atoms with Crippen LogP contribution in [0, 0.1) is 0 Å². The molecule has 1 aromatic carbocycles. The van der Waals surface area contributed by atoms with Crippen LogP contribution in [0.2, 0.25) is 0 Å². The van der Waals surface area contributed by atoms with Crippen LogP contribution in [-0.4, -0.2) is 10.2 Å². The van der Waals surface area contributed by atoms with Crippen molar-refractivity contribution in [2.45, 2.75) is 5.88 Å². The number of aromatic amines is 1. The first-order chi connectivity index (χ1) is 7.38. The molecule has 0 aliphatic carbocycles. The minimum Gasteiger partial charge on any atom is -0.278 e. The van der Waals surface area contributed by atoms with Gasteiger partial charge in [-0.15, -0.1) is 11.6 Å². The first-order valence-electron chi connectivity index (χ1n) is 4.72. The average molecular weight is 219 g/mol. The Bertz CT molecular complexity index is 446. The maximum atomic E-state index is 5.65. The van der Waals surface area contributed by atoms with Gasteiger partial charge in [-0.25, -0.2) is 0 Å². The number of benzene rings is 1. The van der Waals surface area contributed by atoms with Crippen LogP contribution in [0.1, 0.15) is 17.0 Å². The fourth-order valence-electron chi connectivity index (χ4n) is 1.28. The standard InChI is InChI=1S/C12H11ClN2/c13-9-12-8-11(14-15-12)7-6-10-4-2-1-3-5-10/h1-8H,9H2,(H,14,15). The molecule has 0 spiro atoms. The normalized spacial score (nSPS) is 11.0. The molecule has 0 atom stereocenters. The Morgan fingerprint density at radius 3 is 2.67 bits per heavy atom. The highest BCUT2D eigenvalue weighted by molar-refractivity contribution is 6.16. The largest absolute Gasteiger partial charge is 0.278 e. The summed E-state index contributed by atoms with van der Waals surface area (Å²) >= 11 is 5.65. The van der Waals surface area contributed by atoms with E-state index >= 15 is 0 Å². The Labute approximate surface area is 93.6 Å². The van der Waals surface area contributed by atoms with Crippen molar-refractivity contribution in [3.05, 3.63) is 53.3 Å². The van der Waals surface area contributed by atoms with Gasteiger partial charge in [0, 0.05) is 0 Å². The van der Waals surface area contributed by atoms with Crippen LogP contribution in [0.15, 0.2) is 36.4 Å². The molecule has 0 aliphatic heterocycles. The molecule has 2 rings (SSSR count). The summed E-state index contributed by atoms with van der Waals surface area (Å²) in [5.41, 5.74) is 3.00. The van der Waals surface area contributed by atoms with Crippen LogP contribution >= 0.6 is 11.6 Å². The van der Waals surface area contributed by atoms with E-state index in [0.717, 1.165) is 11.4 Å². The zero-order valence-corrected chi connectivity index (χ0v) is 8.91. The maximum absolute atomic E-state index is 5.65. The fourth-order valence-corrected chi connectivity index (χ4v) is 1.42. The number of hydrogen-bond acceptors (Lipinski definition) is 1. The van der Waals surface area contributed by atoms with Crippen LogP contribution in [-0.2, 0) is 5.88 Å². The zero-order chi connectivity index (χ0) is 10.5. The lowest BCUT2D eigenvalue weighted by Crippen LogP contribution is -1.74. The summed E-state index contributed by atoms with van der Waals surface area (Å²) in [6.07, 6.45) is 4.02. The Hall–Kier alpha value is -1.54. The number of nitrogens with one attached hydrogen (secondary N) is 1. The van der Waals surface area contributed by atoms with Crippen molar-refractivity contribution in [3.63, 3.8) is 0 Å². The Balaban J connectivity index is 2.11. The van der Waals surface area contributed by atoms with Gasteiger partial charge in [0.1, 0.15) is 0 Å². The third kappa shape index (κ3) is 2.70. The molecular formula is C12H11ClN2. The van der Waals surface area contributed by atoms with E-state index in [1.165, 1.54) is 5.56 Å². The maximum Gasteiger partial charge on any atom is 0.0776 e. The summed E-state index contributed by atoms with van der Waals surface area (Å²) in [6, 6.07) is 12.1. The summed E-state index contributed by atoms with van der Waals surface area (Å²) in [5.74, 6) is 0.440. The van der Waals surface area contributed by atoms with Gasteiger partial charge in [0.15, 0.2) is 0 Å². The van der Waals surface area contributed by atoms with E-state index in [1.54, 1.807) is 0 Å². The van der Waals surface area contributed by atoms with Gasteiger partial charge in [0.05, 0.1) is 17.3 Å². The quantitative estimate of drug-likeness (QED) is 0.787. The molecule has 0 saturated carbocycles. The fraction of sp³-hybridized carbons (Fsp3) is 0.0833. The van der Waals surface area contributed by atoms with Gasteiger partial charge in [-0.2, -0.15) is 5.10 Å². The van der Waals surface area contributed by atoms with Gasteiger partial charge in [0.2, 0.25) is 0 Å². The summed E-state index contributed by atoms with van der Waals surface area (Å²) in [4.78, 5) is 0. The molecule has 0 fully saturated rings. The Morgan fingerprint density at radius 2 is 2.00 bits per heavy atom. The average Bonchev–Trinajstić information content (AvgIpc) is 2.76. The highest BCUT2D eigenvalue weighted by Crippen LogP contribution is 2.08. The first kappa shape index (κ1) is 9.99. The van der Waals surface area contributed by atoms with Gasteiger partial charge in [-0.3, -0.25) is 5.10 Å². The molecule has 0 amide bonds. The molecule has 0 radical (unpaired) electrons. The molecular weight excluding hydrogens is 208 g/mol. The second-order valence-electron chi connectivity index (χ2n) is 3.19. The van der Waals surface area contributed by atoms with E-state index in [0.29, 0.717) is 5.88 Å². The third-order valence-corrected chi connectivity index (χ3v) is 2.32. The number of aromatic nitrogens is 2. The van der Waals surface area contributed by atoms with E-state index in [2.05, 4.69) is 22.3 Å². The molecule has 0 unspecified atom stereocenters. The third-order valence-electron chi connectivity index (χ3n) is 2.04. The van der Waals surface area contributed by atoms with Crippen LogP contribution in [0.4, 0.5) is 0 Å². The minimum absolute atomic E-state index is 0.440. The van der Waals surface area contributed by atoms with Crippen molar-refractivity contribution in [1.82, 2.24) is 10.2 Å². The molecule has 76 valence electrons. The lowest BCUT2D eigenvalue weighted by atomic mass is 10.2. The van der Waals surface area contributed by atoms with Crippen molar-refractivity contribution in [2.75, 3.05) is 0 Å². The lowest BCUT2D eigenvalue weighted by molar-refractivity contribution is 1.03. The molecule has 2 nitrogen and oxygen atoms in total. The summed E-state index contributed by atoms with van der Waals surface area (Å²) in [7, 11) is 0. The number of hydrogen-bond donors (Lipinski definition) is 1. The molecule has 0 bridgehead atoms. The van der Waals surface area contributed by atoms with Crippen molar-refractivity contribution in [2.24, 2.45) is 0 Å². The molecule has 1 aromatic heterocycles. The Morgan fingerprint density at radius 1 is 1.20 bits per heavy atom. The topological polar surface area (TPSA) is 28.7 Å². The van der Waals surface area contributed by atoms with Gasteiger partial charge in [-0.05, 0) is 17.7 Å². The van der Waals surface area contributed by atoms with Gasteiger partial charge in [-0.1, -0.05) is 36.4 Å². The van der Waals surface area contributed by atoms with Crippen molar-refractivity contribution in [1.29, 1.82) is 0 Å². The molecule has 3 heteroatoms. The van der Waals surface area contributed by atoms with E-state index in [1.807, 2.05) is 36.4 Å². The van der Waals surface area contributed by atoms with Crippen LogP contribution in [0.5, 0.6) is 0 Å². The van der Waals surface area contributed by atoms with Gasteiger partial charge in [0.25, 0.3) is 0 Å². The van der Waals surface area contributed by atoms with Crippen molar-refractivity contribution < 1.29 is 0 Å². The summed E-state index contributed by atoms with van der Waals surface area (Å²) in [5, 5.41) is 6.94. The molecule has 0 aliphatic rings. The number of halogens is 1. The molecule has 1 heterocycles. The van der Waals surface area contributed by atoms with Gasteiger partial charge >= 0.3 is 0 Å². The first-order valence-corrected chi connectivity index (χ1v) is 5.25. The number of rotatable bonds is 3. The van der Waals surface area contributed by atoms with E-state index < -0.39 is 0 Å². The predicted molar refractivity (Wildman–Crippen MR) is 63.5 cm³/mol. The molecule has 15 heavy (non-hydrogen) atoms. The van der Waals surface area contributed by atoms with Crippen LogP contribution in [0.25, 0.3) is 12.2 Å². The molecule has 1 N–H and O–H groups in total. The second kappa shape index (κ2) is 4.80. The van der Waals surface area contributed by atoms with E-state index in [4.69, 9.17) is 11.6 Å². The second-order valence-corrected chi connectivity index (χ2v) is 3.46.